The Hall–Kier alpha value is -1.40. The first kappa shape index (κ1) is 15.7. The maximum Gasteiger partial charge on any atom is 0.324 e. The zero-order valence-electron chi connectivity index (χ0n) is 11.5. The number of benzene rings is 1. The van der Waals surface area contributed by atoms with Crippen LogP contribution in [0.1, 0.15) is 26.3 Å². The van der Waals surface area contributed by atoms with E-state index in [9.17, 15) is 13.2 Å². The summed E-state index contributed by atoms with van der Waals surface area (Å²) >= 11 is 0. The van der Waals surface area contributed by atoms with Gasteiger partial charge in [-0.2, -0.15) is 4.31 Å². The number of hydrogen-bond donors (Lipinski definition) is 1. The highest BCUT2D eigenvalue weighted by Crippen LogP contribution is 2.23. The average molecular weight is 285 g/mol. The van der Waals surface area contributed by atoms with Crippen LogP contribution < -0.4 is 0 Å². The second kappa shape index (κ2) is 5.30. The fourth-order valence-corrected chi connectivity index (χ4v) is 2.97. The molecule has 0 aliphatic rings. The maximum absolute atomic E-state index is 12.3. The minimum Gasteiger partial charge on any atom is -0.480 e. The Kier molecular flexibility index (Phi) is 4.37. The van der Waals surface area contributed by atoms with Crippen molar-refractivity contribution in [3.8, 4) is 0 Å². The fraction of sp³-hybridized carbons (Fsp3) is 0.462. The third kappa shape index (κ3) is 2.96. The van der Waals surface area contributed by atoms with Crippen molar-refractivity contribution in [3.63, 3.8) is 0 Å². The summed E-state index contributed by atoms with van der Waals surface area (Å²) < 4.78 is 25.6. The van der Waals surface area contributed by atoms with E-state index in [4.69, 9.17) is 5.11 Å². The Balaban J connectivity index is 3.20. The lowest BCUT2D eigenvalue weighted by Gasteiger charge is -2.30. The number of hydrogen-bond acceptors (Lipinski definition) is 3. The normalized spacial score (nSPS) is 12.7. The van der Waals surface area contributed by atoms with Gasteiger partial charge in [0.15, 0.2) is 0 Å². The number of aryl methyl sites for hydroxylation is 1. The lowest BCUT2D eigenvalue weighted by atomic mass is 10.1. The molecule has 0 radical (unpaired) electrons. The van der Waals surface area contributed by atoms with Gasteiger partial charge in [0.25, 0.3) is 0 Å². The van der Waals surface area contributed by atoms with Crippen molar-refractivity contribution in [2.45, 2.75) is 37.6 Å². The summed E-state index contributed by atoms with van der Waals surface area (Å²) in [4.78, 5) is 11.2. The molecule has 0 aliphatic carbocycles. The molecule has 0 saturated heterocycles. The molecule has 0 aromatic heterocycles. The van der Waals surface area contributed by atoms with Crippen molar-refractivity contribution >= 4 is 16.0 Å². The van der Waals surface area contributed by atoms with Crippen molar-refractivity contribution in [1.29, 1.82) is 0 Å². The highest BCUT2D eigenvalue weighted by Gasteiger charge is 2.39. The molecule has 0 atom stereocenters. The van der Waals surface area contributed by atoms with Crippen LogP contribution in [0.2, 0.25) is 0 Å². The van der Waals surface area contributed by atoms with Gasteiger partial charge < -0.3 is 5.11 Å². The van der Waals surface area contributed by atoms with E-state index in [1.807, 2.05) is 6.92 Å². The Morgan fingerprint density at radius 2 is 1.74 bits per heavy atom. The van der Waals surface area contributed by atoms with E-state index in [2.05, 4.69) is 0 Å². The van der Waals surface area contributed by atoms with Crippen LogP contribution in [0, 0.1) is 0 Å². The monoisotopic (exact) mass is 285 g/mol. The van der Waals surface area contributed by atoms with Gasteiger partial charge in [-0.05, 0) is 38.0 Å². The van der Waals surface area contributed by atoms with E-state index in [-0.39, 0.29) is 4.90 Å². The Morgan fingerprint density at radius 3 is 2.11 bits per heavy atom. The summed E-state index contributed by atoms with van der Waals surface area (Å²) in [6, 6.07) is 6.47. The van der Waals surface area contributed by atoms with Crippen molar-refractivity contribution in [3.05, 3.63) is 29.8 Å². The summed E-state index contributed by atoms with van der Waals surface area (Å²) in [5, 5.41) is 9.10. The smallest absolute Gasteiger partial charge is 0.324 e. The largest absolute Gasteiger partial charge is 0.480 e. The molecule has 0 unspecified atom stereocenters. The van der Waals surface area contributed by atoms with E-state index >= 15 is 0 Å². The Bertz CT molecular complexity index is 561. The van der Waals surface area contributed by atoms with Crippen molar-refractivity contribution < 1.29 is 18.3 Å². The van der Waals surface area contributed by atoms with Crippen LogP contribution in [0.15, 0.2) is 29.2 Å². The van der Waals surface area contributed by atoms with Gasteiger partial charge in [0.05, 0.1) is 4.90 Å². The van der Waals surface area contributed by atoms with Gasteiger partial charge in [-0.15, -0.1) is 0 Å². The molecule has 1 rings (SSSR count). The number of carbonyl (C=O) groups is 1. The van der Waals surface area contributed by atoms with E-state index in [1.54, 1.807) is 12.1 Å². The summed E-state index contributed by atoms with van der Waals surface area (Å²) in [5.41, 5.74) is -0.471. The number of nitrogens with zero attached hydrogens (tertiary/aromatic N) is 1. The first-order valence-corrected chi connectivity index (χ1v) is 7.39. The molecule has 1 aromatic carbocycles. The number of aliphatic carboxylic acids is 1. The average Bonchev–Trinajstić information content (AvgIpc) is 2.37. The first-order valence-electron chi connectivity index (χ1n) is 5.95. The van der Waals surface area contributed by atoms with E-state index in [0.717, 1.165) is 16.3 Å². The molecule has 0 bridgehead atoms. The quantitative estimate of drug-likeness (QED) is 0.894. The van der Waals surface area contributed by atoms with Gasteiger partial charge >= 0.3 is 5.97 Å². The van der Waals surface area contributed by atoms with E-state index < -0.39 is 21.5 Å². The van der Waals surface area contributed by atoms with Gasteiger partial charge in [-0.25, -0.2) is 8.42 Å². The second-order valence-corrected chi connectivity index (χ2v) is 6.80. The molecule has 0 fully saturated rings. The standard InChI is InChI=1S/C13H19NO4S/c1-5-10-6-8-11(9-7-10)19(17,18)14(4)13(2,3)12(15)16/h6-9H,5H2,1-4H3,(H,15,16). The van der Waals surface area contributed by atoms with Crippen LogP contribution in [-0.4, -0.2) is 36.4 Å². The molecular formula is C13H19NO4S. The van der Waals surface area contributed by atoms with Crippen molar-refractivity contribution in [1.82, 2.24) is 4.31 Å². The lowest BCUT2D eigenvalue weighted by Crippen LogP contribution is -2.50. The topological polar surface area (TPSA) is 74.7 Å². The predicted octanol–water partition coefficient (Wildman–Crippen LogP) is 1.73. The highest BCUT2D eigenvalue weighted by molar-refractivity contribution is 7.89. The third-order valence-corrected chi connectivity index (χ3v) is 5.35. The molecule has 6 heteroatoms. The van der Waals surface area contributed by atoms with E-state index in [0.29, 0.717) is 0 Å². The van der Waals surface area contributed by atoms with Crippen molar-refractivity contribution in [2.24, 2.45) is 0 Å². The summed E-state index contributed by atoms with van der Waals surface area (Å²) in [6.07, 6.45) is 0.816. The fourth-order valence-electron chi connectivity index (χ4n) is 1.49. The second-order valence-electron chi connectivity index (χ2n) is 4.83. The molecule has 5 nitrogen and oxygen atoms in total. The SMILES string of the molecule is CCc1ccc(S(=O)(=O)N(C)C(C)(C)C(=O)O)cc1. The molecular weight excluding hydrogens is 266 g/mol. The molecule has 0 saturated carbocycles. The Labute approximate surface area is 113 Å². The zero-order valence-corrected chi connectivity index (χ0v) is 12.4. The van der Waals surface area contributed by atoms with Crippen LogP contribution in [-0.2, 0) is 21.2 Å². The molecule has 0 aliphatic heterocycles. The minimum atomic E-state index is -3.81. The minimum absolute atomic E-state index is 0.0986. The lowest BCUT2D eigenvalue weighted by molar-refractivity contribution is -0.145. The third-order valence-electron chi connectivity index (χ3n) is 3.30. The summed E-state index contributed by atoms with van der Waals surface area (Å²) in [5.74, 6) is -1.19. The molecule has 1 aromatic rings. The molecule has 0 heterocycles. The molecule has 106 valence electrons. The predicted molar refractivity (Wildman–Crippen MR) is 72.5 cm³/mol. The molecule has 0 spiro atoms. The number of sulfonamides is 1. The van der Waals surface area contributed by atoms with E-state index in [1.165, 1.54) is 33.0 Å². The van der Waals surface area contributed by atoms with Crippen molar-refractivity contribution in [2.75, 3.05) is 7.05 Å². The summed E-state index contributed by atoms with van der Waals surface area (Å²) in [6.45, 7) is 4.68. The van der Waals surface area contributed by atoms with Gasteiger partial charge in [0.2, 0.25) is 10.0 Å². The number of rotatable bonds is 5. The molecule has 0 amide bonds. The summed E-state index contributed by atoms with van der Waals surface area (Å²) in [7, 11) is -2.54. The number of likely N-dealkylation sites (N-methyl/N-ethyl adjacent to an activating group) is 1. The van der Waals surface area contributed by atoms with Gasteiger partial charge in [0.1, 0.15) is 5.54 Å². The van der Waals surface area contributed by atoms with Crippen LogP contribution >= 0.6 is 0 Å². The van der Waals surface area contributed by atoms with Crippen LogP contribution in [0.4, 0.5) is 0 Å². The van der Waals surface area contributed by atoms with Crippen LogP contribution in [0.25, 0.3) is 0 Å². The van der Waals surface area contributed by atoms with Gasteiger partial charge in [0, 0.05) is 7.05 Å². The molecule has 19 heavy (non-hydrogen) atoms. The van der Waals surface area contributed by atoms with Crippen LogP contribution in [0.3, 0.4) is 0 Å². The van der Waals surface area contributed by atoms with Crippen LogP contribution in [0.5, 0.6) is 0 Å². The maximum atomic E-state index is 12.3. The molecule has 1 N–H and O–H groups in total. The van der Waals surface area contributed by atoms with Gasteiger partial charge in [-0.3, -0.25) is 4.79 Å². The first-order chi connectivity index (χ1) is 8.64. The van der Waals surface area contributed by atoms with Gasteiger partial charge in [-0.1, -0.05) is 19.1 Å². The Morgan fingerprint density at radius 1 is 1.26 bits per heavy atom. The number of carboxylic acid groups (broad SMARTS) is 1. The highest BCUT2D eigenvalue weighted by atomic mass is 32.2. The number of carboxylic acids is 1. The zero-order chi connectivity index (χ0) is 14.8.